The Bertz CT molecular complexity index is 762. The number of imide groups is 1. The van der Waals surface area contributed by atoms with Crippen LogP contribution in [0.3, 0.4) is 0 Å². The van der Waals surface area contributed by atoms with Gasteiger partial charge in [0.25, 0.3) is 11.8 Å². The van der Waals surface area contributed by atoms with E-state index in [1.165, 1.54) is 12.1 Å². The molecule has 1 saturated carbocycles. The fourth-order valence-electron chi connectivity index (χ4n) is 3.85. The summed E-state index contributed by atoms with van der Waals surface area (Å²) < 4.78 is 13.4. The molecule has 1 aliphatic carbocycles. The number of benzene rings is 1. The summed E-state index contributed by atoms with van der Waals surface area (Å²) in [6.45, 7) is 4.97. The van der Waals surface area contributed by atoms with E-state index in [-0.39, 0.29) is 18.3 Å². The van der Waals surface area contributed by atoms with Crippen molar-refractivity contribution in [2.24, 2.45) is 5.92 Å². The number of halogens is 1. The van der Waals surface area contributed by atoms with Crippen LogP contribution in [0.4, 0.5) is 9.18 Å². The van der Waals surface area contributed by atoms with Crippen LogP contribution in [-0.4, -0.2) is 46.4 Å². The fourth-order valence-corrected chi connectivity index (χ4v) is 3.85. The number of hydrogen-bond donors (Lipinski definition) is 2. The molecule has 1 spiro atoms. The maximum atomic E-state index is 13.4. The van der Waals surface area contributed by atoms with Gasteiger partial charge in [0.1, 0.15) is 11.4 Å². The number of likely N-dealkylation sites (N-methyl/N-ethyl adjacent to an activating group) is 1. The van der Waals surface area contributed by atoms with Crippen molar-refractivity contribution in [2.45, 2.75) is 51.6 Å². The van der Waals surface area contributed by atoms with Gasteiger partial charge in [0.2, 0.25) is 0 Å². The molecule has 0 radical (unpaired) electrons. The van der Waals surface area contributed by atoms with Gasteiger partial charge < -0.3 is 5.32 Å². The first-order valence-electron chi connectivity index (χ1n) is 9.76. The molecule has 0 unspecified atom stereocenters. The zero-order valence-corrected chi connectivity index (χ0v) is 16.3. The van der Waals surface area contributed by atoms with Gasteiger partial charge in [-0.2, -0.15) is 5.01 Å². The first kappa shape index (κ1) is 20.3. The standard InChI is InChI=1S/C20H27FN4O3/c1-3-24(12-15-5-4-6-16(21)11-15)13-17(26)23-25-18(27)20(22-19(25)28)9-7-14(2)8-10-20/h4-6,11,14H,3,7-10,12-13H2,1-2H3,(H,22,28)(H,23,26). The lowest BCUT2D eigenvalue weighted by molar-refractivity contribution is -0.140. The quantitative estimate of drug-likeness (QED) is 0.730. The van der Waals surface area contributed by atoms with Gasteiger partial charge in [-0.05, 0) is 55.8 Å². The Morgan fingerprint density at radius 2 is 2.07 bits per heavy atom. The van der Waals surface area contributed by atoms with Crippen LogP contribution in [0.1, 0.15) is 45.1 Å². The Hall–Kier alpha value is -2.48. The zero-order chi connectivity index (χ0) is 20.3. The third-order valence-electron chi connectivity index (χ3n) is 5.64. The van der Waals surface area contributed by atoms with Crippen LogP contribution in [0.25, 0.3) is 0 Å². The number of carbonyl (C=O) groups excluding carboxylic acids is 3. The largest absolute Gasteiger partial charge is 0.344 e. The molecule has 7 nitrogen and oxygen atoms in total. The minimum atomic E-state index is -0.886. The molecule has 0 atom stereocenters. The Labute approximate surface area is 164 Å². The maximum absolute atomic E-state index is 13.4. The van der Waals surface area contributed by atoms with E-state index in [4.69, 9.17) is 0 Å². The molecule has 152 valence electrons. The molecule has 2 N–H and O–H groups in total. The summed E-state index contributed by atoms with van der Waals surface area (Å²) in [4.78, 5) is 39.3. The number of hydrogen-bond acceptors (Lipinski definition) is 4. The lowest BCUT2D eigenvalue weighted by Gasteiger charge is -2.33. The molecule has 1 aromatic carbocycles. The third-order valence-corrected chi connectivity index (χ3v) is 5.64. The van der Waals surface area contributed by atoms with Crippen LogP contribution in [0, 0.1) is 11.7 Å². The molecule has 1 heterocycles. The molecule has 28 heavy (non-hydrogen) atoms. The zero-order valence-electron chi connectivity index (χ0n) is 16.3. The molecule has 3 rings (SSSR count). The molecule has 0 aromatic heterocycles. The highest BCUT2D eigenvalue weighted by Gasteiger charge is 2.52. The summed E-state index contributed by atoms with van der Waals surface area (Å²) in [5.41, 5.74) is 2.30. The highest BCUT2D eigenvalue weighted by Crippen LogP contribution is 2.35. The van der Waals surface area contributed by atoms with Gasteiger partial charge in [-0.3, -0.25) is 19.9 Å². The van der Waals surface area contributed by atoms with Gasteiger partial charge >= 0.3 is 6.03 Å². The van der Waals surface area contributed by atoms with Crippen molar-refractivity contribution in [2.75, 3.05) is 13.1 Å². The molecule has 2 fully saturated rings. The molecule has 8 heteroatoms. The van der Waals surface area contributed by atoms with Gasteiger partial charge in [-0.25, -0.2) is 9.18 Å². The second-order valence-corrected chi connectivity index (χ2v) is 7.80. The SMILES string of the molecule is CCN(CC(=O)NN1C(=O)NC2(CCC(C)CC2)C1=O)Cc1cccc(F)c1. The number of carbonyl (C=O) groups is 3. The van der Waals surface area contributed by atoms with Gasteiger partial charge in [-0.15, -0.1) is 0 Å². The summed E-state index contributed by atoms with van der Waals surface area (Å²) in [5, 5.41) is 3.59. The average molecular weight is 390 g/mol. The number of nitrogens with zero attached hydrogens (tertiary/aromatic N) is 2. The monoisotopic (exact) mass is 390 g/mol. The predicted octanol–water partition coefficient (Wildman–Crippen LogP) is 2.18. The Balaban J connectivity index is 1.59. The molecule has 4 amide bonds. The van der Waals surface area contributed by atoms with E-state index in [1.807, 2.05) is 6.92 Å². The number of rotatable bonds is 6. The molecule has 1 saturated heterocycles. The number of nitrogens with one attached hydrogen (secondary N) is 2. The van der Waals surface area contributed by atoms with E-state index >= 15 is 0 Å². The molecule has 0 bridgehead atoms. The van der Waals surface area contributed by atoms with Crippen LogP contribution in [0.5, 0.6) is 0 Å². The van der Waals surface area contributed by atoms with E-state index in [0.29, 0.717) is 31.8 Å². The third kappa shape index (κ3) is 4.32. The number of hydrazine groups is 1. The van der Waals surface area contributed by atoms with E-state index < -0.39 is 17.5 Å². The Morgan fingerprint density at radius 3 is 2.71 bits per heavy atom. The number of urea groups is 1. The van der Waals surface area contributed by atoms with Crippen LogP contribution in [-0.2, 0) is 16.1 Å². The van der Waals surface area contributed by atoms with E-state index in [2.05, 4.69) is 17.7 Å². The Morgan fingerprint density at radius 1 is 1.36 bits per heavy atom. The second-order valence-electron chi connectivity index (χ2n) is 7.80. The summed E-state index contributed by atoms with van der Waals surface area (Å²) in [6.07, 6.45) is 2.91. The van der Waals surface area contributed by atoms with E-state index in [0.717, 1.165) is 23.4 Å². The topological polar surface area (TPSA) is 81.8 Å². The first-order valence-corrected chi connectivity index (χ1v) is 9.76. The van der Waals surface area contributed by atoms with Crippen LogP contribution in [0.15, 0.2) is 24.3 Å². The highest BCUT2D eigenvalue weighted by molar-refractivity contribution is 6.08. The van der Waals surface area contributed by atoms with Crippen molar-refractivity contribution in [1.29, 1.82) is 0 Å². The smallest absolute Gasteiger partial charge is 0.322 e. The van der Waals surface area contributed by atoms with Crippen molar-refractivity contribution < 1.29 is 18.8 Å². The van der Waals surface area contributed by atoms with Gasteiger partial charge in [0, 0.05) is 6.54 Å². The van der Waals surface area contributed by atoms with Crippen LogP contribution >= 0.6 is 0 Å². The average Bonchev–Trinajstić information content (AvgIpc) is 2.88. The highest BCUT2D eigenvalue weighted by atomic mass is 19.1. The lowest BCUT2D eigenvalue weighted by Crippen LogP contribution is -2.52. The van der Waals surface area contributed by atoms with Gasteiger partial charge in [0.15, 0.2) is 0 Å². The summed E-state index contributed by atoms with van der Waals surface area (Å²) >= 11 is 0. The van der Waals surface area contributed by atoms with Crippen LogP contribution < -0.4 is 10.7 Å². The van der Waals surface area contributed by atoms with Crippen molar-refractivity contribution in [1.82, 2.24) is 20.7 Å². The summed E-state index contributed by atoms with van der Waals surface area (Å²) in [7, 11) is 0. The minimum absolute atomic E-state index is 0.00585. The molecule has 1 aliphatic heterocycles. The summed E-state index contributed by atoms with van der Waals surface area (Å²) in [5.74, 6) is -0.641. The normalized spacial score (nSPS) is 24.7. The first-order chi connectivity index (χ1) is 13.3. The van der Waals surface area contributed by atoms with E-state index in [9.17, 15) is 18.8 Å². The van der Waals surface area contributed by atoms with Crippen molar-refractivity contribution in [3.63, 3.8) is 0 Å². The van der Waals surface area contributed by atoms with Crippen molar-refractivity contribution in [3.05, 3.63) is 35.6 Å². The van der Waals surface area contributed by atoms with Gasteiger partial charge in [-0.1, -0.05) is 26.0 Å². The fraction of sp³-hybridized carbons (Fsp3) is 0.550. The molecular formula is C20H27FN4O3. The van der Waals surface area contributed by atoms with Crippen LogP contribution in [0.2, 0.25) is 0 Å². The molecule has 1 aromatic rings. The minimum Gasteiger partial charge on any atom is -0.322 e. The maximum Gasteiger partial charge on any atom is 0.344 e. The Kier molecular flexibility index (Phi) is 5.98. The lowest BCUT2D eigenvalue weighted by atomic mass is 9.77. The van der Waals surface area contributed by atoms with Crippen molar-refractivity contribution >= 4 is 17.8 Å². The van der Waals surface area contributed by atoms with Crippen molar-refractivity contribution in [3.8, 4) is 0 Å². The van der Waals surface area contributed by atoms with Gasteiger partial charge in [0.05, 0.1) is 6.54 Å². The number of amides is 4. The molecule has 2 aliphatic rings. The predicted molar refractivity (Wildman–Crippen MR) is 101 cm³/mol. The summed E-state index contributed by atoms with van der Waals surface area (Å²) in [6, 6.07) is 5.62. The molecular weight excluding hydrogens is 363 g/mol. The van der Waals surface area contributed by atoms with E-state index in [1.54, 1.807) is 17.0 Å². The second kappa shape index (κ2) is 8.26.